The van der Waals surface area contributed by atoms with Crippen LogP contribution in [0.5, 0.6) is 0 Å². The summed E-state index contributed by atoms with van der Waals surface area (Å²) in [7, 11) is 0. The molecular formula is C18H23F3N2O3. The van der Waals surface area contributed by atoms with Crippen LogP contribution in [0.1, 0.15) is 42.9 Å². The van der Waals surface area contributed by atoms with Gasteiger partial charge in [-0.1, -0.05) is 6.07 Å². The zero-order valence-electron chi connectivity index (χ0n) is 14.6. The number of ether oxygens (including phenoxy) is 1. The molecule has 0 unspecified atom stereocenters. The van der Waals surface area contributed by atoms with Crippen molar-refractivity contribution in [3.8, 4) is 0 Å². The van der Waals surface area contributed by atoms with E-state index in [0.29, 0.717) is 19.0 Å². The molecule has 1 aromatic heterocycles. The molecule has 1 aliphatic heterocycles. The molecule has 8 heteroatoms. The Kier molecular flexibility index (Phi) is 5.14. The Balaban J connectivity index is 1.49. The summed E-state index contributed by atoms with van der Waals surface area (Å²) in [5, 5.41) is 8.77. The molecule has 2 fully saturated rings. The number of alkyl halides is 3. The Morgan fingerprint density at radius 2 is 2.04 bits per heavy atom. The third kappa shape index (κ3) is 3.95. The number of aromatic nitrogens is 1. The average molecular weight is 372 g/mol. The van der Waals surface area contributed by atoms with E-state index in [1.54, 1.807) is 0 Å². The fourth-order valence-electron chi connectivity index (χ4n) is 3.92. The van der Waals surface area contributed by atoms with Crippen LogP contribution in [0.15, 0.2) is 18.3 Å². The van der Waals surface area contributed by atoms with E-state index in [2.05, 4.69) is 15.8 Å². The molecule has 0 radical (unpaired) electrons. The van der Waals surface area contributed by atoms with Crippen LogP contribution in [0.3, 0.4) is 0 Å². The first kappa shape index (κ1) is 18.9. The van der Waals surface area contributed by atoms with Crippen molar-refractivity contribution in [1.29, 1.82) is 0 Å². The molecule has 1 aliphatic carbocycles. The van der Waals surface area contributed by atoms with Gasteiger partial charge < -0.3 is 14.7 Å². The molecule has 1 saturated heterocycles. The van der Waals surface area contributed by atoms with Gasteiger partial charge in [-0.2, -0.15) is 13.2 Å². The molecule has 2 heterocycles. The molecule has 1 N–H and O–H groups in total. The van der Waals surface area contributed by atoms with Crippen molar-refractivity contribution < 1.29 is 27.8 Å². The van der Waals surface area contributed by atoms with Crippen LogP contribution in [0, 0.1) is 12.3 Å². The first-order valence-corrected chi connectivity index (χ1v) is 8.78. The number of rotatable bonds is 3. The topological polar surface area (TPSA) is 62.7 Å². The lowest BCUT2D eigenvalue weighted by atomic mass is 9.56. The number of aryl methyl sites for hydroxylation is 1. The number of aliphatic hydroxyl groups is 1. The van der Waals surface area contributed by atoms with Gasteiger partial charge >= 0.3 is 12.3 Å². The highest BCUT2D eigenvalue weighted by atomic mass is 19.4. The van der Waals surface area contributed by atoms with Gasteiger partial charge in [0.2, 0.25) is 6.10 Å². The van der Waals surface area contributed by atoms with Crippen molar-refractivity contribution in [2.24, 2.45) is 5.41 Å². The molecule has 144 valence electrons. The maximum absolute atomic E-state index is 12.6. The Bertz CT molecular complexity index is 632. The molecule has 1 saturated carbocycles. The van der Waals surface area contributed by atoms with Gasteiger partial charge in [0.05, 0.1) is 6.61 Å². The quantitative estimate of drug-likeness (QED) is 0.883. The van der Waals surface area contributed by atoms with Gasteiger partial charge in [-0.15, -0.1) is 0 Å². The number of likely N-dealkylation sites (tertiary alicyclic amines) is 1. The second-order valence-corrected chi connectivity index (χ2v) is 7.42. The van der Waals surface area contributed by atoms with Gasteiger partial charge in [0.1, 0.15) is 0 Å². The Hall–Kier alpha value is -1.83. The predicted octanol–water partition coefficient (Wildman–Crippen LogP) is 3.41. The number of carbonyl (C=O) groups is 1. The molecule has 1 atom stereocenters. The third-order valence-corrected chi connectivity index (χ3v) is 5.62. The van der Waals surface area contributed by atoms with E-state index in [0.717, 1.165) is 31.4 Å². The van der Waals surface area contributed by atoms with Crippen molar-refractivity contribution in [2.75, 3.05) is 19.7 Å². The van der Waals surface area contributed by atoms with E-state index in [4.69, 9.17) is 5.11 Å². The monoisotopic (exact) mass is 372 g/mol. The summed E-state index contributed by atoms with van der Waals surface area (Å²) in [4.78, 5) is 17.6. The van der Waals surface area contributed by atoms with Gasteiger partial charge in [-0.3, -0.25) is 4.98 Å². The number of nitrogens with zero attached hydrogens (tertiary/aromatic N) is 2. The van der Waals surface area contributed by atoms with E-state index in [1.165, 1.54) is 10.5 Å². The van der Waals surface area contributed by atoms with Gasteiger partial charge in [0, 0.05) is 25.0 Å². The Morgan fingerprint density at radius 3 is 2.54 bits per heavy atom. The van der Waals surface area contributed by atoms with Crippen LogP contribution < -0.4 is 0 Å². The largest absolute Gasteiger partial charge is 0.434 e. The van der Waals surface area contributed by atoms with E-state index in [-0.39, 0.29) is 5.41 Å². The molecule has 2 aliphatic rings. The van der Waals surface area contributed by atoms with E-state index < -0.39 is 25.0 Å². The van der Waals surface area contributed by atoms with E-state index >= 15 is 0 Å². The number of pyridine rings is 1. The molecule has 1 spiro atoms. The zero-order valence-corrected chi connectivity index (χ0v) is 14.6. The lowest BCUT2D eigenvalue weighted by Crippen LogP contribution is -2.49. The molecule has 0 aromatic carbocycles. The first-order valence-electron chi connectivity index (χ1n) is 8.78. The van der Waals surface area contributed by atoms with Gasteiger partial charge in [-0.25, -0.2) is 4.79 Å². The normalized spacial score (nSPS) is 21.3. The van der Waals surface area contributed by atoms with Gasteiger partial charge in [0.25, 0.3) is 0 Å². The summed E-state index contributed by atoms with van der Waals surface area (Å²) in [5.41, 5.74) is 2.36. The molecule has 3 rings (SSSR count). The lowest BCUT2D eigenvalue weighted by molar-refractivity contribution is -0.215. The zero-order chi connectivity index (χ0) is 18.9. The van der Waals surface area contributed by atoms with E-state index in [9.17, 15) is 18.0 Å². The molecular weight excluding hydrogens is 349 g/mol. The number of carbonyl (C=O) groups excluding carboxylic acids is 1. The van der Waals surface area contributed by atoms with Crippen LogP contribution in [0.4, 0.5) is 18.0 Å². The summed E-state index contributed by atoms with van der Waals surface area (Å²) in [6.07, 6.45) is -2.77. The van der Waals surface area contributed by atoms with Crippen molar-refractivity contribution in [2.45, 2.75) is 50.8 Å². The first-order chi connectivity index (χ1) is 12.2. The summed E-state index contributed by atoms with van der Waals surface area (Å²) < 4.78 is 42.2. The van der Waals surface area contributed by atoms with Gasteiger partial charge in [0.15, 0.2) is 0 Å². The maximum atomic E-state index is 12.6. The minimum Gasteiger partial charge on any atom is -0.434 e. The van der Waals surface area contributed by atoms with Gasteiger partial charge in [-0.05, 0) is 55.6 Å². The fourth-order valence-corrected chi connectivity index (χ4v) is 3.92. The highest BCUT2D eigenvalue weighted by Crippen LogP contribution is 2.56. The van der Waals surface area contributed by atoms with Crippen molar-refractivity contribution in [3.05, 3.63) is 29.6 Å². The standard InChI is InChI=1S/C18H23F3N2O3/c1-12-2-3-13(10-22-12)14-8-17(9-14)4-6-23(7-5-17)16(25)26-15(11-24)18(19,20)21/h2-3,10,14-15,24H,4-9,11H2,1H3/t15-/m1/s1. The molecule has 1 amide bonds. The summed E-state index contributed by atoms with van der Waals surface area (Å²) in [5.74, 6) is 0.464. The minimum absolute atomic E-state index is 0.159. The SMILES string of the molecule is Cc1ccc(C2CC3(CCN(C(=O)O[C@H](CO)C(F)(F)F)CC3)C2)cn1. The number of amides is 1. The molecule has 0 bridgehead atoms. The summed E-state index contributed by atoms with van der Waals surface area (Å²) in [6.45, 7) is 1.45. The number of aliphatic hydroxyl groups excluding tert-OH is 1. The van der Waals surface area contributed by atoms with Crippen molar-refractivity contribution in [1.82, 2.24) is 9.88 Å². The second kappa shape index (κ2) is 7.06. The molecule has 5 nitrogen and oxygen atoms in total. The lowest BCUT2D eigenvalue weighted by Gasteiger charge is -2.52. The smallest absolute Gasteiger partial charge is 0.427 e. The number of hydrogen-bond acceptors (Lipinski definition) is 4. The summed E-state index contributed by atoms with van der Waals surface area (Å²) in [6, 6.07) is 4.09. The highest BCUT2D eigenvalue weighted by molar-refractivity contribution is 5.68. The summed E-state index contributed by atoms with van der Waals surface area (Å²) >= 11 is 0. The van der Waals surface area contributed by atoms with Crippen LogP contribution in [0.25, 0.3) is 0 Å². The average Bonchev–Trinajstić information content (AvgIpc) is 2.57. The minimum atomic E-state index is -4.76. The highest BCUT2D eigenvalue weighted by Gasteiger charge is 2.48. The number of hydrogen-bond donors (Lipinski definition) is 1. The van der Waals surface area contributed by atoms with Crippen molar-refractivity contribution >= 4 is 6.09 Å². The Morgan fingerprint density at radius 1 is 1.38 bits per heavy atom. The van der Waals surface area contributed by atoms with Crippen LogP contribution >= 0.6 is 0 Å². The third-order valence-electron chi connectivity index (χ3n) is 5.62. The second-order valence-electron chi connectivity index (χ2n) is 7.42. The fraction of sp³-hybridized carbons (Fsp3) is 0.667. The number of halogens is 3. The predicted molar refractivity (Wildman–Crippen MR) is 87.6 cm³/mol. The molecule has 1 aromatic rings. The molecule has 26 heavy (non-hydrogen) atoms. The van der Waals surface area contributed by atoms with Crippen LogP contribution in [-0.4, -0.2) is 53.1 Å². The van der Waals surface area contributed by atoms with Crippen molar-refractivity contribution in [3.63, 3.8) is 0 Å². The maximum Gasteiger partial charge on any atom is 0.427 e. The van der Waals surface area contributed by atoms with Crippen LogP contribution in [0.2, 0.25) is 0 Å². The van der Waals surface area contributed by atoms with E-state index in [1.807, 2.05) is 19.2 Å². The Labute approximate surface area is 150 Å². The number of piperidine rings is 1. The van der Waals surface area contributed by atoms with Crippen LogP contribution in [-0.2, 0) is 4.74 Å².